The van der Waals surface area contributed by atoms with Crippen molar-refractivity contribution in [3.05, 3.63) is 59.4 Å². The molecule has 0 unspecified atom stereocenters. The van der Waals surface area contributed by atoms with Crippen LogP contribution < -0.4 is 0 Å². The van der Waals surface area contributed by atoms with E-state index < -0.39 is 27.3 Å². The smallest absolute Gasteiger partial charge is 0.305 e. The molecule has 0 spiro atoms. The van der Waals surface area contributed by atoms with Crippen LogP contribution in [0.3, 0.4) is 0 Å². The molecule has 36 heavy (non-hydrogen) atoms. The first kappa shape index (κ1) is 26.0. The van der Waals surface area contributed by atoms with E-state index in [9.17, 15) is 9.59 Å². The first-order valence-corrected chi connectivity index (χ1v) is 14.1. The highest BCUT2D eigenvalue weighted by Gasteiger charge is 2.71. The minimum atomic E-state index is -0.930. The molecule has 0 aliphatic heterocycles. The first-order chi connectivity index (χ1) is 17.1. The number of aryl methyl sites for hydroxylation is 1. The van der Waals surface area contributed by atoms with Crippen LogP contribution in [0.2, 0.25) is 0 Å². The van der Waals surface area contributed by atoms with Gasteiger partial charge < -0.3 is 4.74 Å². The van der Waals surface area contributed by atoms with Gasteiger partial charge in [-0.05, 0) is 73.5 Å². The molecular formula is C30H35Cl2FO3. The van der Waals surface area contributed by atoms with Gasteiger partial charge in [-0.25, -0.2) is 4.39 Å². The van der Waals surface area contributed by atoms with Crippen molar-refractivity contribution in [2.24, 2.45) is 28.6 Å². The summed E-state index contributed by atoms with van der Waals surface area (Å²) in [5, 5.41) is -0.477. The topological polar surface area (TPSA) is 43.4 Å². The molecule has 194 valence electrons. The van der Waals surface area contributed by atoms with E-state index in [1.165, 1.54) is 11.6 Å². The van der Waals surface area contributed by atoms with Crippen LogP contribution in [0.25, 0.3) is 0 Å². The molecule has 0 amide bonds. The Balaban J connectivity index is 1.58. The van der Waals surface area contributed by atoms with Crippen LogP contribution in [0, 0.1) is 28.6 Å². The van der Waals surface area contributed by atoms with E-state index in [0.717, 1.165) is 19.3 Å². The minimum Gasteiger partial charge on any atom is -0.461 e. The zero-order chi connectivity index (χ0) is 25.9. The molecular weight excluding hydrogens is 498 g/mol. The molecule has 1 aromatic rings. The first-order valence-electron chi connectivity index (χ1n) is 13.3. The number of esters is 1. The molecule has 0 saturated heterocycles. The second kappa shape index (κ2) is 9.27. The summed E-state index contributed by atoms with van der Waals surface area (Å²) in [5.74, 6) is -1.06. The third-order valence-electron chi connectivity index (χ3n) is 9.93. The zero-order valence-corrected chi connectivity index (χ0v) is 22.7. The van der Waals surface area contributed by atoms with Crippen molar-refractivity contribution in [1.82, 2.24) is 0 Å². The summed E-state index contributed by atoms with van der Waals surface area (Å²) >= 11 is 14.9. The van der Waals surface area contributed by atoms with Gasteiger partial charge in [0.15, 0.2) is 5.83 Å². The zero-order valence-electron chi connectivity index (χ0n) is 21.2. The van der Waals surface area contributed by atoms with Crippen molar-refractivity contribution >= 4 is 35.0 Å². The Morgan fingerprint density at radius 3 is 2.64 bits per heavy atom. The molecule has 3 nitrogen and oxygen atoms in total. The molecule has 0 heterocycles. The molecule has 0 bridgehead atoms. The Bertz CT molecular complexity index is 1120. The van der Waals surface area contributed by atoms with E-state index in [1.807, 2.05) is 32.0 Å². The maximum absolute atomic E-state index is 15.1. The molecule has 3 saturated carbocycles. The largest absolute Gasteiger partial charge is 0.461 e. The van der Waals surface area contributed by atoms with E-state index >= 15 is 4.39 Å². The highest BCUT2D eigenvalue weighted by Crippen LogP contribution is 2.71. The summed E-state index contributed by atoms with van der Waals surface area (Å²) in [6, 6.07) is 10.4. The number of fused-ring (bicyclic) bond motifs is 5. The normalized spacial score (nSPS) is 41.5. The highest BCUT2D eigenvalue weighted by molar-refractivity contribution is 6.34. The van der Waals surface area contributed by atoms with Crippen LogP contribution >= 0.6 is 23.2 Å². The second-order valence-corrected chi connectivity index (χ2v) is 12.7. The van der Waals surface area contributed by atoms with Crippen LogP contribution in [0.5, 0.6) is 0 Å². The van der Waals surface area contributed by atoms with Crippen molar-refractivity contribution in [3.63, 3.8) is 0 Å². The van der Waals surface area contributed by atoms with E-state index in [2.05, 4.69) is 19.1 Å². The van der Waals surface area contributed by atoms with Crippen LogP contribution in [0.4, 0.5) is 4.39 Å². The fourth-order valence-electron chi connectivity index (χ4n) is 8.23. The molecule has 3 fully saturated rings. The third kappa shape index (κ3) is 3.65. The van der Waals surface area contributed by atoms with Crippen molar-refractivity contribution < 1.29 is 18.7 Å². The van der Waals surface area contributed by atoms with Crippen molar-refractivity contribution in [2.45, 2.75) is 82.1 Å². The van der Waals surface area contributed by atoms with Gasteiger partial charge in [-0.15, -0.1) is 23.2 Å². The SMILES string of the molecule is CCC(=O)O[C@@H]1[C@@H](C)C[C@H]2[C@@H]3CCC4=C(F)C(=O)C=C[C@]4(C)[C@@]3(Cl)[C@@H](Cl)C[C@]12CCc1ccccc1. The number of carbonyl (C=O) groups is 2. The number of ether oxygens (including phenoxy) is 1. The Kier molecular flexibility index (Phi) is 6.69. The van der Waals surface area contributed by atoms with Crippen LogP contribution in [0.15, 0.2) is 53.9 Å². The van der Waals surface area contributed by atoms with Crippen LogP contribution in [-0.4, -0.2) is 28.1 Å². The third-order valence-corrected chi connectivity index (χ3v) is 11.5. The fourth-order valence-corrected chi connectivity index (χ4v) is 9.42. The van der Waals surface area contributed by atoms with Crippen molar-refractivity contribution in [3.8, 4) is 0 Å². The van der Waals surface area contributed by atoms with Gasteiger partial charge in [0.05, 0.1) is 10.3 Å². The molecule has 5 rings (SSSR count). The predicted molar refractivity (Wildman–Crippen MR) is 141 cm³/mol. The molecule has 8 atom stereocenters. The van der Waals surface area contributed by atoms with Crippen molar-refractivity contribution in [1.29, 1.82) is 0 Å². The van der Waals surface area contributed by atoms with E-state index in [0.29, 0.717) is 31.3 Å². The number of ketones is 1. The molecule has 6 heteroatoms. The maximum Gasteiger partial charge on any atom is 0.305 e. The number of carbonyl (C=O) groups excluding carboxylic acids is 2. The van der Waals surface area contributed by atoms with Gasteiger partial charge in [0.2, 0.25) is 5.78 Å². The van der Waals surface area contributed by atoms with Gasteiger partial charge in [-0.3, -0.25) is 9.59 Å². The van der Waals surface area contributed by atoms with E-state index in [1.54, 1.807) is 6.08 Å². The van der Waals surface area contributed by atoms with E-state index in [4.69, 9.17) is 27.9 Å². The van der Waals surface area contributed by atoms with Gasteiger partial charge >= 0.3 is 5.97 Å². The lowest BCUT2D eigenvalue weighted by Gasteiger charge is -2.63. The number of hydrogen-bond acceptors (Lipinski definition) is 3. The summed E-state index contributed by atoms with van der Waals surface area (Å²) in [7, 11) is 0. The summed E-state index contributed by atoms with van der Waals surface area (Å²) in [6.45, 7) is 5.94. The van der Waals surface area contributed by atoms with Crippen molar-refractivity contribution in [2.75, 3.05) is 0 Å². The average molecular weight is 534 g/mol. The van der Waals surface area contributed by atoms with Gasteiger partial charge in [0.25, 0.3) is 0 Å². The van der Waals surface area contributed by atoms with Gasteiger partial charge in [0.1, 0.15) is 6.10 Å². The molecule has 0 radical (unpaired) electrons. The quantitative estimate of drug-likeness (QED) is 0.294. The number of halogens is 3. The summed E-state index contributed by atoms with van der Waals surface area (Å²) < 4.78 is 21.3. The predicted octanol–water partition coefficient (Wildman–Crippen LogP) is 7.35. The monoisotopic (exact) mass is 532 g/mol. The second-order valence-electron chi connectivity index (χ2n) is 11.6. The molecule has 4 aliphatic rings. The van der Waals surface area contributed by atoms with Gasteiger partial charge in [-0.2, -0.15) is 0 Å². The Morgan fingerprint density at radius 2 is 1.94 bits per heavy atom. The van der Waals surface area contributed by atoms with Crippen LogP contribution in [-0.2, 0) is 20.7 Å². The summed E-state index contributed by atoms with van der Waals surface area (Å²) in [5.41, 5.74) is 0.592. The standard InChI is InChI=1S/C30H35Cl2FO3/c1-4-25(35)36-27-18(2)16-22-20-10-11-21-26(33)23(34)13-14-28(21,3)30(20,32)24(31)17-29(22,27)15-12-19-8-6-5-7-9-19/h5-9,13-14,18,20,22,24,27H,4,10-12,15-17H2,1-3H3/t18-,20-,22-,24-,27+,28-,29-,30-/m0/s1. The molecule has 4 aliphatic carbocycles. The average Bonchev–Trinajstić information content (AvgIpc) is 3.13. The lowest BCUT2D eigenvalue weighted by Crippen LogP contribution is -2.65. The lowest BCUT2D eigenvalue weighted by atomic mass is 9.46. The van der Waals surface area contributed by atoms with Crippen LogP contribution in [0.1, 0.15) is 64.9 Å². The minimum absolute atomic E-state index is 0.0124. The Labute approximate surface area is 223 Å². The summed E-state index contributed by atoms with van der Waals surface area (Å²) in [6.07, 6.45) is 7.58. The molecule has 1 aromatic carbocycles. The number of alkyl halides is 2. The Hall–Kier alpha value is -1.65. The lowest BCUT2D eigenvalue weighted by molar-refractivity contribution is -0.163. The molecule has 0 aromatic heterocycles. The van der Waals surface area contributed by atoms with Gasteiger partial charge in [-0.1, -0.05) is 57.2 Å². The molecule has 0 N–H and O–H groups in total. The maximum atomic E-state index is 15.1. The fraction of sp³-hybridized carbons (Fsp3) is 0.600. The van der Waals surface area contributed by atoms with E-state index in [-0.39, 0.29) is 35.2 Å². The Morgan fingerprint density at radius 1 is 1.22 bits per heavy atom. The number of hydrogen-bond donors (Lipinski definition) is 0. The highest BCUT2D eigenvalue weighted by atomic mass is 35.5. The number of allylic oxidation sites excluding steroid dienone is 4. The number of rotatable bonds is 5. The summed E-state index contributed by atoms with van der Waals surface area (Å²) in [4.78, 5) is 23.8. The number of benzene rings is 1. The van der Waals surface area contributed by atoms with Gasteiger partial charge in [0, 0.05) is 17.3 Å².